The first-order valence-electron chi connectivity index (χ1n) is 8.42. The maximum atomic E-state index is 6.01. The molecule has 2 unspecified atom stereocenters. The first kappa shape index (κ1) is 15.3. The third kappa shape index (κ3) is 4.98. The topological polar surface area (TPSA) is 21.3 Å². The Morgan fingerprint density at radius 2 is 2.00 bits per heavy atom. The quantitative estimate of drug-likeness (QED) is 0.762. The van der Waals surface area contributed by atoms with Crippen LogP contribution in [-0.2, 0) is 4.74 Å². The van der Waals surface area contributed by atoms with E-state index in [1.54, 1.807) is 0 Å². The van der Waals surface area contributed by atoms with Gasteiger partial charge in [-0.3, -0.25) is 0 Å². The third-order valence-electron chi connectivity index (χ3n) is 4.67. The van der Waals surface area contributed by atoms with Crippen LogP contribution in [0.1, 0.15) is 56.4 Å². The van der Waals surface area contributed by atoms with Crippen molar-refractivity contribution in [3.63, 3.8) is 0 Å². The average Bonchev–Trinajstić information content (AvgIpc) is 3.18. The Morgan fingerprint density at radius 1 is 1.19 bits per heavy atom. The zero-order chi connectivity index (χ0) is 14.5. The number of ether oxygens (including phenoxy) is 1. The van der Waals surface area contributed by atoms with Crippen molar-refractivity contribution in [2.24, 2.45) is 0 Å². The van der Waals surface area contributed by atoms with Gasteiger partial charge in [0.2, 0.25) is 0 Å². The van der Waals surface area contributed by atoms with Crippen molar-refractivity contribution >= 4 is 11.6 Å². The number of nitrogens with one attached hydrogen (secondary N) is 1. The molecule has 0 aromatic heterocycles. The second-order valence-electron chi connectivity index (χ2n) is 6.50. The van der Waals surface area contributed by atoms with Gasteiger partial charge in [-0.1, -0.05) is 30.2 Å². The van der Waals surface area contributed by atoms with E-state index in [0.29, 0.717) is 12.0 Å². The molecule has 1 aromatic rings. The highest BCUT2D eigenvalue weighted by Crippen LogP contribution is 2.27. The van der Waals surface area contributed by atoms with E-state index in [9.17, 15) is 0 Å². The van der Waals surface area contributed by atoms with Crippen LogP contribution in [0.3, 0.4) is 0 Å². The van der Waals surface area contributed by atoms with E-state index in [1.807, 2.05) is 12.1 Å². The normalized spacial score (nSPS) is 23.4. The first-order valence-corrected chi connectivity index (χ1v) is 8.79. The largest absolute Gasteiger partial charge is 0.378 e. The van der Waals surface area contributed by atoms with Crippen molar-refractivity contribution in [3.8, 4) is 0 Å². The fraction of sp³-hybridized carbons (Fsp3) is 0.667. The lowest BCUT2D eigenvalue weighted by Crippen LogP contribution is -2.23. The number of hydrogen-bond donors (Lipinski definition) is 1. The molecular weight excluding hydrogens is 282 g/mol. The monoisotopic (exact) mass is 307 g/mol. The molecule has 1 aliphatic heterocycles. The molecule has 0 spiro atoms. The summed E-state index contributed by atoms with van der Waals surface area (Å²) in [6.07, 6.45) is 9.43. The van der Waals surface area contributed by atoms with E-state index in [2.05, 4.69) is 17.4 Å². The minimum absolute atomic E-state index is 0.521. The SMILES string of the molecule is Clc1ccc(C(CCCC2CCCO2)CNC2CC2)cc1. The molecule has 21 heavy (non-hydrogen) atoms. The van der Waals surface area contributed by atoms with Crippen molar-refractivity contribution in [2.75, 3.05) is 13.2 Å². The van der Waals surface area contributed by atoms with Gasteiger partial charge in [-0.2, -0.15) is 0 Å². The Morgan fingerprint density at radius 3 is 2.67 bits per heavy atom. The zero-order valence-corrected chi connectivity index (χ0v) is 13.4. The standard InChI is InChI=1S/C18H26ClNO/c19-16-8-6-14(7-9-16)15(13-20-17-10-11-17)3-1-4-18-5-2-12-21-18/h6-9,15,17-18,20H,1-5,10-13H2. The van der Waals surface area contributed by atoms with Crippen LogP contribution in [0.15, 0.2) is 24.3 Å². The summed E-state index contributed by atoms with van der Waals surface area (Å²) in [7, 11) is 0. The van der Waals surface area contributed by atoms with E-state index >= 15 is 0 Å². The van der Waals surface area contributed by atoms with Crippen molar-refractivity contribution in [3.05, 3.63) is 34.9 Å². The van der Waals surface area contributed by atoms with Gasteiger partial charge >= 0.3 is 0 Å². The molecule has 1 aromatic carbocycles. The van der Waals surface area contributed by atoms with Crippen molar-refractivity contribution < 1.29 is 4.74 Å². The van der Waals surface area contributed by atoms with E-state index in [-0.39, 0.29) is 0 Å². The first-order chi connectivity index (χ1) is 10.3. The number of benzene rings is 1. The highest BCUT2D eigenvalue weighted by Gasteiger charge is 2.23. The molecule has 3 heteroatoms. The number of halogens is 1. The molecule has 0 amide bonds. The molecule has 2 aliphatic rings. The molecule has 1 N–H and O–H groups in total. The summed E-state index contributed by atoms with van der Waals surface area (Å²) in [6, 6.07) is 9.18. The van der Waals surface area contributed by atoms with Gasteiger partial charge in [-0.25, -0.2) is 0 Å². The van der Waals surface area contributed by atoms with E-state index < -0.39 is 0 Å². The lowest BCUT2D eigenvalue weighted by Gasteiger charge is -2.19. The minimum Gasteiger partial charge on any atom is -0.378 e. The maximum absolute atomic E-state index is 6.01. The summed E-state index contributed by atoms with van der Waals surface area (Å²) in [4.78, 5) is 0. The minimum atomic E-state index is 0.521. The van der Waals surface area contributed by atoms with Gasteiger partial charge in [0, 0.05) is 24.2 Å². The van der Waals surface area contributed by atoms with Gasteiger partial charge in [0.1, 0.15) is 0 Å². The van der Waals surface area contributed by atoms with Crippen molar-refractivity contribution in [1.82, 2.24) is 5.32 Å². The van der Waals surface area contributed by atoms with Crippen LogP contribution in [0.5, 0.6) is 0 Å². The second kappa shape index (κ2) is 7.62. The molecule has 0 radical (unpaired) electrons. The molecule has 2 atom stereocenters. The lowest BCUT2D eigenvalue weighted by molar-refractivity contribution is 0.101. The summed E-state index contributed by atoms with van der Waals surface area (Å²) in [5.74, 6) is 0.601. The van der Waals surface area contributed by atoms with Crippen LogP contribution in [0.4, 0.5) is 0 Å². The lowest BCUT2D eigenvalue weighted by atomic mass is 9.92. The maximum Gasteiger partial charge on any atom is 0.0576 e. The third-order valence-corrected chi connectivity index (χ3v) is 4.93. The Hall–Kier alpha value is -0.570. The van der Waals surface area contributed by atoms with Crippen LogP contribution in [-0.4, -0.2) is 25.3 Å². The van der Waals surface area contributed by atoms with Gasteiger partial charge in [-0.15, -0.1) is 0 Å². The van der Waals surface area contributed by atoms with Gasteiger partial charge in [0.25, 0.3) is 0 Å². The molecule has 1 aliphatic carbocycles. The fourth-order valence-corrected chi connectivity index (χ4v) is 3.31. The number of hydrogen-bond acceptors (Lipinski definition) is 2. The Kier molecular flexibility index (Phi) is 5.56. The molecule has 1 heterocycles. The molecule has 1 saturated heterocycles. The Balaban J connectivity index is 1.51. The molecular formula is C18H26ClNO. The summed E-state index contributed by atoms with van der Waals surface area (Å²) in [6.45, 7) is 2.06. The van der Waals surface area contributed by atoms with E-state index in [0.717, 1.165) is 24.2 Å². The fourth-order valence-electron chi connectivity index (χ4n) is 3.18. The average molecular weight is 308 g/mol. The molecule has 2 fully saturated rings. The Bertz CT molecular complexity index is 423. The van der Waals surface area contributed by atoms with Crippen LogP contribution in [0.25, 0.3) is 0 Å². The van der Waals surface area contributed by atoms with E-state index in [4.69, 9.17) is 16.3 Å². The van der Waals surface area contributed by atoms with Crippen LogP contribution in [0.2, 0.25) is 5.02 Å². The van der Waals surface area contributed by atoms with Gasteiger partial charge in [-0.05, 0) is 62.1 Å². The molecule has 116 valence electrons. The smallest absolute Gasteiger partial charge is 0.0576 e. The predicted octanol–water partition coefficient (Wildman–Crippen LogP) is 4.52. The summed E-state index contributed by atoms with van der Waals surface area (Å²) < 4.78 is 5.73. The zero-order valence-electron chi connectivity index (χ0n) is 12.7. The van der Waals surface area contributed by atoms with Gasteiger partial charge in [0.05, 0.1) is 6.10 Å². The van der Waals surface area contributed by atoms with Crippen molar-refractivity contribution in [2.45, 2.75) is 63.0 Å². The Labute approximate surface area is 133 Å². The summed E-state index contributed by atoms with van der Waals surface area (Å²) in [5.41, 5.74) is 1.42. The number of rotatable bonds is 8. The van der Waals surface area contributed by atoms with Crippen molar-refractivity contribution in [1.29, 1.82) is 0 Å². The second-order valence-corrected chi connectivity index (χ2v) is 6.93. The molecule has 1 saturated carbocycles. The molecule has 3 rings (SSSR count). The molecule has 0 bridgehead atoms. The van der Waals surface area contributed by atoms with Crippen LogP contribution in [0, 0.1) is 0 Å². The highest BCUT2D eigenvalue weighted by atomic mass is 35.5. The molecule has 2 nitrogen and oxygen atoms in total. The highest BCUT2D eigenvalue weighted by molar-refractivity contribution is 6.30. The summed E-state index contributed by atoms with van der Waals surface area (Å²) in [5, 5.41) is 4.51. The van der Waals surface area contributed by atoms with E-state index in [1.165, 1.54) is 50.5 Å². The summed E-state index contributed by atoms with van der Waals surface area (Å²) >= 11 is 6.01. The predicted molar refractivity (Wildman–Crippen MR) is 88.0 cm³/mol. The van der Waals surface area contributed by atoms with Gasteiger partial charge < -0.3 is 10.1 Å². The van der Waals surface area contributed by atoms with Gasteiger partial charge in [0.15, 0.2) is 0 Å². The van der Waals surface area contributed by atoms with Crippen LogP contribution >= 0.6 is 11.6 Å². The van der Waals surface area contributed by atoms with Crippen LogP contribution < -0.4 is 5.32 Å².